The lowest BCUT2D eigenvalue weighted by Gasteiger charge is -2.31. The summed E-state index contributed by atoms with van der Waals surface area (Å²) in [6.07, 6.45) is -0.0564. The monoisotopic (exact) mass is 246 g/mol. The zero-order chi connectivity index (χ0) is 13.9. The van der Waals surface area contributed by atoms with E-state index in [9.17, 15) is 4.79 Å². The molecule has 0 aliphatic heterocycles. The van der Waals surface area contributed by atoms with Crippen molar-refractivity contribution in [2.24, 2.45) is 5.41 Å². The van der Waals surface area contributed by atoms with Gasteiger partial charge in [0.1, 0.15) is 11.2 Å². The van der Waals surface area contributed by atoms with Gasteiger partial charge in [0.2, 0.25) is 0 Å². The first-order valence-corrected chi connectivity index (χ1v) is 5.89. The van der Waals surface area contributed by atoms with Crippen molar-refractivity contribution in [3.8, 4) is 0 Å². The second-order valence-electron chi connectivity index (χ2n) is 7.13. The van der Waals surface area contributed by atoms with Gasteiger partial charge in [0, 0.05) is 0 Å². The average molecular weight is 246 g/mol. The Kier molecular flexibility index (Phi) is 5.02. The molecule has 0 aliphatic rings. The summed E-state index contributed by atoms with van der Waals surface area (Å²) in [5.41, 5.74) is -1.03. The van der Waals surface area contributed by atoms with E-state index in [-0.39, 0.29) is 5.41 Å². The Morgan fingerprint density at radius 2 is 1.41 bits per heavy atom. The van der Waals surface area contributed by atoms with E-state index < -0.39 is 17.4 Å². The molecule has 0 N–H and O–H groups in total. The summed E-state index contributed by atoms with van der Waals surface area (Å²) in [7, 11) is 0. The van der Waals surface area contributed by atoms with E-state index in [4.69, 9.17) is 9.62 Å². The van der Waals surface area contributed by atoms with Gasteiger partial charge in [0.05, 0.1) is 0 Å². The number of carbonyl (C=O) groups is 1. The third kappa shape index (κ3) is 10.1. The van der Waals surface area contributed by atoms with Gasteiger partial charge in [-0.25, -0.2) is 4.79 Å². The van der Waals surface area contributed by atoms with Crippen LogP contribution in [-0.4, -0.2) is 17.4 Å². The third-order valence-corrected chi connectivity index (χ3v) is 1.68. The van der Waals surface area contributed by atoms with E-state index in [0.29, 0.717) is 0 Å². The summed E-state index contributed by atoms with van der Waals surface area (Å²) in [5.74, 6) is 0. The summed E-state index contributed by atoms with van der Waals surface area (Å²) >= 11 is 0. The number of carbonyl (C=O) groups excluding carboxylic acids is 1. The van der Waals surface area contributed by atoms with Crippen molar-refractivity contribution in [3.05, 3.63) is 0 Å². The highest BCUT2D eigenvalue weighted by Gasteiger charge is 2.30. The summed E-state index contributed by atoms with van der Waals surface area (Å²) in [4.78, 5) is 20.9. The van der Waals surface area contributed by atoms with Gasteiger partial charge in [-0.3, -0.25) is 4.89 Å². The number of hydrogen-bond donors (Lipinski definition) is 0. The molecule has 0 aromatic rings. The van der Waals surface area contributed by atoms with E-state index in [1.807, 2.05) is 13.8 Å². The van der Waals surface area contributed by atoms with Crippen LogP contribution in [0.25, 0.3) is 0 Å². The quantitative estimate of drug-likeness (QED) is 0.427. The molecule has 0 radical (unpaired) electrons. The maximum atomic E-state index is 11.4. The second kappa shape index (κ2) is 5.25. The normalized spacial score (nSPS) is 13.4. The molecule has 17 heavy (non-hydrogen) atoms. The Balaban J connectivity index is 4.19. The Hall–Kier alpha value is -0.770. The topological polar surface area (TPSA) is 44.8 Å². The van der Waals surface area contributed by atoms with E-state index in [1.165, 1.54) is 0 Å². The molecule has 4 heteroatoms. The first kappa shape index (κ1) is 16.2. The standard InChI is InChI=1S/C13H26O4/c1-11(2,3)9-13(7,8)15-10(14)16-17-12(4,5)6/h9H2,1-8H3. The van der Waals surface area contributed by atoms with E-state index >= 15 is 0 Å². The largest absolute Gasteiger partial charge is 0.541 e. The zero-order valence-electron chi connectivity index (χ0n) is 12.3. The molecule has 0 aromatic carbocycles. The lowest BCUT2D eigenvalue weighted by Crippen LogP contribution is -2.34. The van der Waals surface area contributed by atoms with Crippen molar-refractivity contribution >= 4 is 6.16 Å². The van der Waals surface area contributed by atoms with E-state index in [1.54, 1.807) is 20.8 Å². The van der Waals surface area contributed by atoms with E-state index in [0.717, 1.165) is 6.42 Å². The van der Waals surface area contributed by atoms with Gasteiger partial charge < -0.3 is 4.74 Å². The predicted molar refractivity (Wildman–Crippen MR) is 66.6 cm³/mol. The number of ether oxygens (including phenoxy) is 1. The lowest BCUT2D eigenvalue weighted by molar-refractivity contribution is -0.316. The van der Waals surface area contributed by atoms with Crippen molar-refractivity contribution in [2.75, 3.05) is 0 Å². The molecule has 0 aliphatic carbocycles. The summed E-state index contributed by atoms with van der Waals surface area (Å²) in [6.45, 7) is 15.4. The predicted octanol–water partition coefficient (Wildman–Crippen LogP) is 4.08. The summed E-state index contributed by atoms with van der Waals surface area (Å²) in [5, 5.41) is 0. The minimum atomic E-state index is -0.797. The Bertz CT molecular complexity index is 256. The Morgan fingerprint density at radius 1 is 0.941 bits per heavy atom. The minimum absolute atomic E-state index is 0.0780. The van der Waals surface area contributed by atoms with Gasteiger partial charge in [-0.1, -0.05) is 20.8 Å². The van der Waals surface area contributed by atoms with Crippen molar-refractivity contribution < 1.29 is 19.3 Å². The average Bonchev–Trinajstić information content (AvgIpc) is 1.93. The first-order chi connectivity index (χ1) is 7.31. The van der Waals surface area contributed by atoms with Gasteiger partial charge >= 0.3 is 6.16 Å². The highest BCUT2D eigenvalue weighted by atomic mass is 17.2. The fourth-order valence-electron chi connectivity index (χ4n) is 1.71. The maximum absolute atomic E-state index is 11.4. The van der Waals surface area contributed by atoms with Gasteiger partial charge in [-0.05, 0) is 46.5 Å². The van der Waals surface area contributed by atoms with Crippen molar-refractivity contribution in [3.63, 3.8) is 0 Å². The van der Waals surface area contributed by atoms with Crippen LogP contribution < -0.4 is 0 Å². The highest BCUT2D eigenvalue weighted by molar-refractivity contribution is 5.59. The Labute approximate surface area is 105 Å². The van der Waals surface area contributed by atoms with Gasteiger partial charge in [-0.15, -0.1) is 0 Å². The smallest absolute Gasteiger partial charge is 0.426 e. The molecule has 0 amide bonds. The van der Waals surface area contributed by atoms with Crippen LogP contribution in [0.2, 0.25) is 0 Å². The second-order valence-corrected chi connectivity index (χ2v) is 7.13. The Morgan fingerprint density at radius 3 is 1.76 bits per heavy atom. The van der Waals surface area contributed by atoms with Crippen LogP contribution in [0, 0.1) is 5.41 Å². The molecule has 0 saturated heterocycles. The molecule has 0 saturated carbocycles. The molecular weight excluding hydrogens is 220 g/mol. The molecule has 0 heterocycles. The van der Waals surface area contributed by atoms with Gasteiger partial charge in [-0.2, -0.15) is 4.89 Å². The van der Waals surface area contributed by atoms with Crippen LogP contribution in [0.1, 0.15) is 61.8 Å². The molecule has 0 rings (SSSR count). The maximum Gasteiger partial charge on any atom is 0.541 e. The number of rotatable bonds is 3. The highest BCUT2D eigenvalue weighted by Crippen LogP contribution is 2.29. The molecule has 0 spiro atoms. The number of hydrogen-bond acceptors (Lipinski definition) is 4. The van der Waals surface area contributed by atoms with Crippen LogP contribution in [0.4, 0.5) is 4.79 Å². The SMILES string of the molecule is CC(C)(C)CC(C)(C)OC(=O)OOC(C)(C)C. The molecular formula is C13H26O4. The molecule has 4 nitrogen and oxygen atoms in total. The van der Waals surface area contributed by atoms with Crippen LogP contribution >= 0.6 is 0 Å². The van der Waals surface area contributed by atoms with Crippen LogP contribution in [0.5, 0.6) is 0 Å². The molecule has 0 fully saturated rings. The van der Waals surface area contributed by atoms with Crippen LogP contribution in [-0.2, 0) is 14.5 Å². The van der Waals surface area contributed by atoms with Crippen molar-refractivity contribution in [2.45, 2.75) is 73.0 Å². The minimum Gasteiger partial charge on any atom is -0.426 e. The molecule has 102 valence electrons. The summed E-state index contributed by atoms with van der Waals surface area (Å²) < 4.78 is 5.22. The third-order valence-electron chi connectivity index (χ3n) is 1.68. The van der Waals surface area contributed by atoms with Crippen molar-refractivity contribution in [1.82, 2.24) is 0 Å². The fraction of sp³-hybridized carbons (Fsp3) is 0.923. The van der Waals surface area contributed by atoms with Gasteiger partial charge in [0.25, 0.3) is 0 Å². The van der Waals surface area contributed by atoms with Gasteiger partial charge in [0.15, 0.2) is 0 Å². The van der Waals surface area contributed by atoms with E-state index in [2.05, 4.69) is 25.7 Å². The molecule has 0 aromatic heterocycles. The van der Waals surface area contributed by atoms with Crippen LogP contribution in [0.15, 0.2) is 0 Å². The summed E-state index contributed by atoms with van der Waals surface area (Å²) in [6, 6.07) is 0. The molecule has 0 atom stereocenters. The van der Waals surface area contributed by atoms with Crippen LogP contribution in [0.3, 0.4) is 0 Å². The zero-order valence-corrected chi connectivity index (χ0v) is 12.3. The lowest BCUT2D eigenvalue weighted by atomic mass is 9.84. The molecule has 0 unspecified atom stereocenters. The molecule has 0 bridgehead atoms. The fourth-order valence-corrected chi connectivity index (χ4v) is 1.71. The van der Waals surface area contributed by atoms with Crippen molar-refractivity contribution in [1.29, 1.82) is 0 Å². The first-order valence-electron chi connectivity index (χ1n) is 5.89.